The molecule has 2 rings (SSSR count). The van der Waals surface area contributed by atoms with Crippen molar-refractivity contribution in [3.05, 3.63) is 22.0 Å². The molecule has 0 unspecified atom stereocenters. The van der Waals surface area contributed by atoms with Crippen LogP contribution in [0.2, 0.25) is 0 Å². The Balaban J connectivity index is 2.06. The Kier molecular flexibility index (Phi) is 4.25. The van der Waals surface area contributed by atoms with Crippen molar-refractivity contribution in [2.24, 2.45) is 21.9 Å². The maximum Gasteiger partial charge on any atom is 0.0608 e. The van der Waals surface area contributed by atoms with Gasteiger partial charge >= 0.3 is 0 Å². The Bertz CT molecular complexity index is 369. The second-order valence-electron chi connectivity index (χ2n) is 4.27. The molecule has 0 saturated carbocycles. The summed E-state index contributed by atoms with van der Waals surface area (Å²) in [5.74, 6) is 10.7. The van der Waals surface area contributed by atoms with Gasteiger partial charge in [0.25, 0.3) is 0 Å². The molecule has 0 aliphatic heterocycles. The van der Waals surface area contributed by atoms with Crippen molar-refractivity contribution < 1.29 is 0 Å². The highest BCUT2D eigenvalue weighted by molar-refractivity contribution is 8.06. The van der Waals surface area contributed by atoms with Crippen LogP contribution in [0.4, 0.5) is 0 Å². The van der Waals surface area contributed by atoms with Gasteiger partial charge in [-0.25, -0.2) is 0 Å². The van der Waals surface area contributed by atoms with E-state index in [9.17, 15) is 0 Å². The molecule has 0 heterocycles. The number of thioether (sulfide) groups is 1. The molecule has 0 aromatic rings. The van der Waals surface area contributed by atoms with Gasteiger partial charge in [0.15, 0.2) is 0 Å². The molecular formula is C12H18N4S. The average Bonchev–Trinajstić information content (AvgIpc) is 2.39. The number of hydrogen-bond donors (Lipinski definition) is 2. The highest BCUT2D eigenvalue weighted by atomic mass is 32.2. The molecular weight excluding hydrogens is 232 g/mol. The first-order valence-electron chi connectivity index (χ1n) is 5.94. The standard InChI is InChI=1S/C12H18N4S/c13-15-9-3-1-5-11(7-9)17-12-6-2-4-10(8-12)16-14/h7-8H,1-6,13-14H2. The molecule has 4 nitrogen and oxygen atoms in total. The van der Waals surface area contributed by atoms with Crippen LogP contribution in [0, 0.1) is 0 Å². The lowest BCUT2D eigenvalue weighted by Crippen LogP contribution is -2.07. The summed E-state index contributed by atoms with van der Waals surface area (Å²) in [4.78, 5) is 2.70. The first-order chi connectivity index (χ1) is 8.31. The Labute approximate surface area is 106 Å². The van der Waals surface area contributed by atoms with Gasteiger partial charge in [-0.1, -0.05) is 11.8 Å². The van der Waals surface area contributed by atoms with Crippen LogP contribution in [0.25, 0.3) is 0 Å². The summed E-state index contributed by atoms with van der Waals surface area (Å²) in [6.07, 6.45) is 10.7. The second kappa shape index (κ2) is 5.91. The fraction of sp³-hybridized carbons (Fsp3) is 0.500. The lowest BCUT2D eigenvalue weighted by Gasteiger charge is -2.17. The van der Waals surface area contributed by atoms with Gasteiger partial charge in [0.2, 0.25) is 0 Å². The zero-order chi connectivity index (χ0) is 12.1. The van der Waals surface area contributed by atoms with Gasteiger partial charge in [-0.15, -0.1) is 0 Å². The minimum atomic E-state index is 0.995. The van der Waals surface area contributed by atoms with Crippen molar-refractivity contribution in [1.29, 1.82) is 0 Å². The first kappa shape index (κ1) is 12.2. The van der Waals surface area contributed by atoms with E-state index in [1.54, 1.807) is 0 Å². The van der Waals surface area contributed by atoms with Gasteiger partial charge in [0.05, 0.1) is 11.4 Å². The molecule has 0 aromatic heterocycles. The molecule has 0 bridgehead atoms. The molecule has 0 spiro atoms. The van der Waals surface area contributed by atoms with E-state index in [-0.39, 0.29) is 0 Å². The van der Waals surface area contributed by atoms with Crippen molar-refractivity contribution in [1.82, 2.24) is 0 Å². The number of nitrogens with zero attached hydrogens (tertiary/aromatic N) is 2. The number of nitrogens with two attached hydrogens (primary N) is 2. The van der Waals surface area contributed by atoms with E-state index in [4.69, 9.17) is 11.7 Å². The average molecular weight is 250 g/mol. The number of allylic oxidation sites excluding steroid dienone is 4. The van der Waals surface area contributed by atoms with E-state index in [1.165, 1.54) is 9.81 Å². The zero-order valence-corrected chi connectivity index (χ0v) is 10.7. The number of hydrogen-bond acceptors (Lipinski definition) is 5. The van der Waals surface area contributed by atoms with Gasteiger partial charge in [0, 0.05) is 0 Å². The third-order valence-corrected chi connectivity index (χ3v) is 4.13. The zero-order valence-electron chi connectivity index (χ0n) is 9.85. The van der Waals surface area contributed by atoms with Crippen LogP contribution in [0.15, 0.2) is 32.2 Å². The van der Waals surface area contributed by atoms with Crippen molar-refractivity contribution in [3.8, 4) is 0 Å². The lowest BCUT2D eigenvalue weighted by atomic mass is 10.1. The van der Waals surface area contributed by atoms with Crippen LogP contribution in [0.3, 0.4) is 0 Å². The SMILES string of the molecule is NN=C1C=C(SC2=CC(=NN)CCC2)CCC1. The van der Waals surface area contributed by atoms with Crippen molar-refractivity contribution in [3.63, 3.8) is 0 Å². The van der Waals surface area contributed by atoms with Crippen LogP contribution in [0.1, 0.15) is 38.5 Å². The summed E-state index contributed by atoms with van der Waals surface area (Å²) >= 11 is 1.83. The summed E-state index contributed by atoms with van der Waals surface area (Å²) in [6, 6.07) is 0. The normalized spacial score (nSPS) is 25.9. The fourth-order valence-corrected chi connectivity index (χ4v) is 3.30. The molecule has 2 aliphatic rings. The number of hydrazone groups is 2. The summed E-state index contributed by atoms with van der Waals surface area (Å²) in [6.45, 7) is 0. The molecule has 0 radical (unpaired) electrons. The van der Waals surface area contributed by atoms with E-state index in [0.717, 1.165) is 49.9 Å². The topological polar surface area (TPSA) is 76.8 Å². The van der Waals surface area contributed by atoms with Gasteiger partial charge in [0.1, 0.15) is 0 Å². The highest BCUT2D eigenvalue weighted by Crippen LogP contribution is 2.36. The second-order valence-corrected chi connectivity index (χ2v) is 5.52. The van der Waals surface area contributed by atoms with Crippen LogP contribution in [-0.2, 0) is 0 Å². The Morgan fingerprint density at radius 1 is 0.824 bits per heavy atom. The molecule has 0 aromatic carbocycles. The molecule has 0 saturated heterocycles. The third kappa shape index (κ3) is 3.36. The fourth-order valence-electron chi connectivity index (χ4n) is 2.08. The predicted octanol–water partition coefficient (Wildman–Crippen LogP) is 2.48. The molecule has 0 fully saturated rings. The quantitative estimate of drug-likeness (QED) is 0.584. The Morgan fingerprint density at radius 2 is 1.29 bits per heavy atom. The minimum absolute atomic E-state index is 0.995. The molecule has 2 aliphatic carbocycles. The van der Waals surface area contributed by atoms with Gasteiger partial charge in [-0.2, -0.15) is 10.2 Å². The smallest absolute Gasteiger partial charge is 0.0608 e. The van der Waals surface area contributed by atoms with Gasteiger partial charge in [-0.3, -0.25) is 0 Å². The lowest BCUT2D eigenvalue weighted by molar-refractivity contribution is 0.856. The first-order valence-corrected chi connectivity index (χ1v) is 6.76. The van der Waals surface area contributed by atoms with Gasteiger partial charge < -0.3 is 11.7 Å². The molecule has 92 valence electrons. The van der Waals surface area contributed by atoms with Crippen LogP contribution in [0.5, 0.6) is 0 Å². The van der Waals surface area contributed by atoms with E-state index in [2.05, 4.69) is 22.4 Å². The number of rotatable bonds is 2. The molecule has 4 N–H and O–H groups in total. The van der Waals surface area contributed by atoms with E-state index < -0.39 is 0 Å². The Morgan fingerprint density at radius 3 is 1.71 bits per heavy atom. The molecule has 5 heteroatoms. The van der Waals surface area contributed by atoms with E-state index in [1.807, 2.05) is 11.8 Å². The highest BCUT2D eigenvalue weighted by Gasteiger charge is 2.14. The van der Waals surface area contributed by atoms with Crippen molar-refractivity contribution >= 4 is 23.2 Å². The van der Waals surface area contributed by atoms with Crippen molar-refractivity contribution in [2.45, 2.75) is 38.5 Å². The maximum atomic E-state index is 5.33. The minimum Gasteiger partial charge on any atom is -0.323 e. The van der Waals surface area contributed by atoms with Crippen LogP contribution >= 0.6 is 11.8 Å². The third-order valence-electron chi connectivity index (χ3n) is 2.96. The monoisotopic (exact) mass is 250 g/mol. The summed E-state index contributed by atoms with van der Waals surface area (Å²) in [7, 11) is 0. The largest absolute Gasteiger partial charge is 0.323 e. The molecule has 0 atom stereocenters. The Hall–Kier alpha value is -1.23. The molecule has 17 heavy (non-hydrogen) atoms. The van der Waals surface area contributed by atoms with E-state index >= 15 is 0 Å². The maximum absolute atomic E-state index is 5.33. The van der Waals surface area contributed by atoms with Crippen molar-refractivity contribution in [2.75, 3.05) is 0 Å². The summed E-state index contributed by atoms with van der Waals surface area (Å²) < 4.78 is 0. The van der Waals surface area contributed by atoms with E-state index in [0.29, 0.717) is 0 Å². The molecule has 0 amide bonds. The summed E-state index contributed by atoms with van der Waals surface area (Å²) in [5, 5.41) is 7.57. The predicted molar refractivity (Wildman–Crippen MR) is 74.7 cm³/mol. The summed E-state index contributed by atoms with van der Waals surface area (Å²) in [5.41, 5.74) is 2.01. The van der Waals surface area contributed by atoms with Crippen LogP contribution < -0.4 is 11.7 Å². The van der Waals surface area contributed by atoms with Gasteiger partial charge in [-0.05, 0) is 60.5 Å². The van der Waals surface area contributed by atoms with Crippen LogP contribution in [-0.4, -0.2) is 11.4 Å².